The molecule has 0 saturated carbocycles. The average molecular weight is 370 g/mol. The van der Waals surface area contributed by atoms with Gasteiger partial charge in [-0.1, -0.05) is 6.92 Å². The number of likely N-dealkylation sites (N-methyl/N-ethyl adjacent to an activating group) is 1. The Hall–Kier alpha value is -1.34. The van der Waals surface area contributed by atoms with E-state index in [1.807, 2.05) is 25.7 Å². The quantitative estimate of drug-likeness (QED) is 0.740. The zero-order valence-electron chi connectivity index (χ0n) is 17.0. The predicted octanol–water partition coefficient (Wildman–Crippen LogP) is 1.81. The molecule has 2 heterocycles. The molecule has 7 nitrogen and oxygen atoms in total. The Morgan fingerprint density at radius 3 is 2.23 bits per heavy atom. The Kier molecular flexibility index (Phi) is 6.91. The van der Waals surface area contributed by atoms with Gasteiger partial charge in [-0.05, 0) is 40.2 Å². The number of carbonyl (C=O) groups is 2. The summed E-state index contributed by atoms with van der Waals surface area (Å²) >= 11 is 0. The van der Waals surface area contributed by atoms with E-state index in [0.717, 1.165) is 32.7 Å². The highest BCUT2D eigenvalue weighted by Gasteiger charge is 2.48. The highest BCUT2D eigenvalue weighted by Crippen LogP contribution is 2.37. The number of hydrogen-bond donors (Lipinski definition) is 0. The molecule has 0 aliphatic carbocycles. The molecule has 1 unspecified atom stereocenters. The summed E-state index contributed by atoms with van der Waals surface area (Å²) in [5.41, 5.74) is -1.09. The summed E-state index contributed by atoms with van der Waals surface area (Å²) in [6, 6.07) is 0. The Morgan fingerprint density at radius 1 is 1.04 bits per heavy atom. The summed E-state index contributed by atoms with van der Waals surface area (Å²) in [6.45, 7) is 13.6. The van der Waals surface area contributed by atoms with Gasteiger partial charge in [0.25, 0.3) is 0 Å². The summed E-state index contributed by atoms with van der Waals surface area (Å²) in [6.07, 6.45) is 0.971. The van der Waals surface area contributed by atoms with Gasteiger partial charge < -0.3 is 24.2 Å². The fourth-order valence-electron chi connectivity index (χ4n) is 3.74. The van der Waals surface area contributed by atoms with Crippen molar-refractivity contribution in [2.24, 2.45) is 5.41 Å². The maximum Gasteiger partial charge on any atom is 0.410 e. The van der Waals surface area contributed by atoms with Crippen LogP contribution in [0.25, 0.3) is 0 Å². The van der Waals surface area contributed by atoms with Gasteiger partial charge in [-0.15, -0.1) is 0 Å². The number of ether oxygens (including phenoxy) is 2. The zero-order chi connectivity index (χ0) is 19.4. The maximum atomic E-state index is 13.3. The van der Waals surface area contributed by atoms with E-state index in [-0.39, 0.29) is 12.0 Å². The highest BCUT2D eigenvalue weighted by molar-refractivity contribution is 5.84. The molecule has 2 saturated heterocycles. The van der Waals surface area contributed by atoms with Crippen LogP contribution in [0.3, 0.4) is 0 Å². The first-order valence-electron chi connectivity index (χ1n) is 9.69. The number of nitrogens with zero attached hydrogens (tertiary/aromatic N) is 3. The fraction of sp³-hybridized carbons (Fsp3) is 0.895. The van der Waals surface area contributed by atoms with Gasteiger partial charge in [0.15, 0.2) is 0 Å². The molecule has 0 N–H and O–H groups in total. The van der Waals surface area contributed by atoms with E-state index >= 15 is 0 Å². The molecule has 2 aliphatic heterocycles. The topological polar surface area (TPSA) is 62.3 Å². The minimum atomic E-state index is -0.554. The van der Waals surface area contributed by atoms with Gasteiger partial charge >= 0.3 is 6.09 Å². The van der Waals surface area contributed by atoms with Crippen LogP contribution in [-0.2, 0) is 14.3 Å². The van der Waals surface area contributed by atoms with Crippen LogP contribution in [-0.4, -0.2) is 91.8 Å². The van der Waals surface area contributed by atoms with Crippen LogP contribution in [0.2, 0.25) is 0 Å². The van der Waals surface area contributed by atoms with Crippen LogP contribution in [0.1, 0.15) is 40.5 Å². The Labute approximate surface area is 157 Å². The van der Waals surface area contributed by atoms with E-state index in [4.69, 9.17) is 9.47 Å². The molecule has 2 aliphatic rings. The minimum Gasteiger partial charge on any atom is -0.444 e. The summed E-state index contributed by atoms with van der Waals surface area (Å²) < 4.78 is 10.8. The third-order valence-corrected chi connectivity index (χ3v) is 5.35. The Balaban J connectivity index is 2.06. The molecule has 2 rings (SSSR count). The molecule has 0 spiro atoms. The van der Waals surface area contributed by atoms with Gasteiger partial charge in [0, 0.05) is 53.0 Å². The van der Waals surface area contributed by atoms with E-state index in [1.54, 1.807) is 12.0 Å². The molecule has 0 radical (unpaired) electrons. The van der Waals surface area contributed by atoms with Crippen molar-refractivity contribution >= 4 is 12.0 Å². The summed E-state index contributed by atoms with van der Waals surface area (Å²) in [7, 11) is 1.65. The van der Waals surface area contributed by atoms with Gasteiger partial charge in [0.05, 0.1) is 5.41 Å². The Bertz CT molecular complexity index is 498. The van der Waals surface area contributed by atoms with Crippen molar-refractivity contribution in [1.29, 1.82) is 0 Å². The third kappa shape index (κ3) is 5.10. The van der Waals surface area contributed by atoms with E-state index < -0.39 is 11.0 Å². The highest BCUT2D eigenvalue weighted by atomic mass is 16.6. The van der Waals surface area contributed by atoms with Gasteiger partial charge in [-0.2, -0.15) is 0 Å². The second-order valence-corrected chi connectivity index (χ2v) is 8.40. The number of hydrogen-bond acceptors (Lipinski definition) is 5. The van der Waals surface area contributed by atoms with Crippen molar-refractivity contribution in [2.75, 3.05) is 59.5 Å². The molecule has 0 bridgehead atoms. The maximum absolute atomic E-state index is 13.3. The van der Waals surface area contributed by atoms with E-state index in [2.05, 4.69) is 11.8 Å². The average Bonchev–Trinajstić information content (AvgIpc) is 3.04. The van der Waals surface area contributed by atoms with E-state index in [1.165, 1.54) is 0 Å². The van der Waals surface area contributed by atoms with Crippen LogP contribution >= 0.6 is 0 Å². The van der Waals surface area contributed by atoms with Crippen molar-refractivity contribution < 1.29 is 19.1 Å². The molecule has 0 aromatic carbocycles. The largest absolute Gasteiger partial charge is 0.444 e. The van der Waals surface area contributed by atoms with Gasteiger partial charge in [0.1, 0.15) is 5.60 Å². The van der Waals surface area contributed by atoms with Crippen molar-refractivity contribution in [3.63, 3.8) is 0 Å². The number of likely N-dealkylation sites (tertiary alicyclic amines) is 1. The molecular formula is C19H35N3O4. The molecule has 0 aromatic rings. The molecule has 1 atom stereocenters. The SMILES string of the molecule is CCN1CCN(C(=O)C2(CCOC)CCN(C(=O)OC(C)(C)C)C2)CC1. The fourth-order valence-corrected chi connectivity index (χ4v) is 3.74. The van der Waals surface area contributed by atoms with E-state index in [9.17, 15) is 9.59 Å². The van der Waals surface area contributed by atoms with Crippen molar-refractivity contribution in [3.05, 3.63) is 0 Å². The smallest absolute Gasteiger partial charge is 0.410 e. The molecule has 2 fully saturated rings. The van der Waals surface area contributed by atoms with Crippen LogP contribution in [0.4, 0.5) is 4.79 Å². The number of methoxy groups -OCH3 is 1. The summed E-state index contributed by atoms with van der Waals surface area (Å²) in [5, 5.41) is 0. The summed E-state index contributed by atoms with van der Waals surface area (Å²) in [4.78, 5) is 31.8. The molecule has 150 valence electrons. The van der Waals surface area contributed by atoms with Crippen LogP contribution in [0.15, 0.2) is 0 Å². The van der Waals surface area contributed by atoms with Crippen LogP contribution in [0, 0.1) is 5.41 Å². The monoisotopic (exact) mass is 369 g/mol. The van der Waals surface area contributed by atoms with Gasteiger partial charge in [-0.3, -0.25) is 4.79 Å². The molecule has 2 amide bonds. The standard InChI is InChI=1S/C19H35N3O4/c1-6-20-10-12-21(13-11-20)16(23)19(8-14-25-5)7-9-22(15-19)17(24)26-18(2,3)4/h6-15H2,1-5H3. The first kappa shape index (κ1) is 21.0. The first-order chi connectivity index (χ1) is 12.2. The Morgan fingerprint density at radius 2 is 1.69 bits per heavy atom. The third-order valence-electron chi connectivity index (χ3n) is 5.35. The minimum absolute atomic E-state index is 0.163. The van der Waals surface area contributed by atoms with Crippen molar-refractivity contribution in [3.8, 4) is 0 Å². The molecule has 26 heavy (non-hydrogen) atoms. The molecular weight excluding hydrogens is 334 g/mol. The second-order valence-electron chi connectivity index (χ2n) is 8.40. The second kappa shape index (κ2) is 8.57. The summed E-state index contributed by atoms with van der Waals surface area (Å²) in [5.74, 6) is 0.163. The molecule has 0 aromatic heterocycles. The normalized spacial score (nSPS) is 24.8. The van der Waals surface area contributed by atoms with Gasteiger partial charge in [-0.25, -0.2) is 4.79 Å². The first-order valence-corrected chi connectivity index (χ1v) is 9.69. The lowest BCUT2D eigenvalue weighted by atomic mass is 9.82. The van der Waals surface area contributed by atoms with Gasteiger partial charge in [0.2, 0.25) is 5.91 Å². The van der Waals surface area contributed by atoms with Crippen LogP contribution < -0.4 is 0 Å². The lowest BCUT2D eigenvalue weighted by Crippen LogP contribution is -2.54. The molecule has 7 heteroatoms. The van der Waals surface area contributed by atoms with Crippen molar-refractivity contribution in [2.45, 2.75) is 46.1 Å². The lowest BCUT2D eigenvalue weighted by Gasteiger charge is -2.39. The number of carbonyl (C=O) groups excluding carboxylic acids is 2. The number of amides is 2. The predicted molar refractivity (Wildman–Crippen MR) is 100 cm³/mol. The van der Waals surface area contributed by atoms with Crippen LogP contribution in [0.5, 0.6) is 0 Å². The van der Waals surface area contributed by atoms with Crippen molar-refractivity contribution in [1.82, 2.24) is 14.7 Å². The number of rotatable bonds is 5. The zero-order valence-corrected chi connectivity index (χ0v) is 17.0. The lowest BCUT2D eigenvalue weighted by molar-refractivity contribution is -0.144. The van der Waals surface area contributed by atoms with E-state index in [0.29, 0.717) is 32.5 Å². The number of piperazine rings is 1.